The quantitative estimate of drug-likeness (QED) is 0.487. The van der Waals surface area contributed by atoms with Crippen LogP contribution in [0.25, 0.3) is 0 Å². The van der Waals surface area contributed by atoms with Gasteiger partial charge in [-0.2, -0.15) is 0 Å². The molecular formula is C5H9N2O5P. The summed E-state index contributed by atoms with van der Waals surface area (Å²) >= 11 is 0. The number of rotatable bonds is 3. The molecule has 1 rings (SSSR count). The summed E-state index contributed by atoms with van der Waals surface area (Å²) in [7, 11) is -1.28. The Labute approximate surface area is 74.3 Å². The fraction of sp³-hybridized carbons (Fsp3) is 0.600. The Morgan fingerprint density at radius 1 is 1.31 bits per heavy atom. The third-order valence-corrected chi connectivity index (χ3v) is 3.59. The van der Waals surface area contributed by atoms with Gasteiger partial charge in [0, 0.05) is 14.2 Å². The first-order valence-corrected chi connectivity index (χ1v) is 4.97. The largest absolute Gasteiger partial charge is 0.362 e. The molecule has 1 aliphatic heterocycles. The molecular weight excluding hydrogens is 199 g/mol. The van der Waals surface area contributed by atoms with Crippen molar-refractivity contribution in [1.82, 2.24) is 10.6 Å². The first-order valence-electron chi connectivity index (χ1n) is 3.36. The van der Waals surface area contributed by atoms with Crippen LogP contribution in [0.5, 0.6) is 0 Å². The second-order valence-corrected chi connectivity index (χ2v) is 4.60. The Hall–Kier alpha value is -0.910. The van der Waals surface area contributed by atoms with Crippen molar-refractivity contribution >= 4 is 19.5 Å². The number of hydrogen-bond acceptors (Lipinski definition) is 5. The Morgan fingerprint density at radius 2 is 1.85 bits per heavy atom. The van der Waals surface area contributed by atoms with Crippen molar-refractivity contribution in [3.8, 4) is 0 Å². The van der Waals surface area contributed by atoms with E-state index in [2.05, 4.69) is 14.4 Å². The fourth-order valence-electron chi connectivity index (χ4n) is 0.914. The highest BCUT2D eigenvalue weighted by molar-refractivity contribution is 7.55. The highest BCUT2D eigenvalue weighted by atomic mass is 31.2. The van der Waals surface area contributed by atoms with Crippen LogP contribution in [0.1, 0.15) is 0 Å². The van der Waals surface area contributed by atoms with Crippen molar-refractivity contribution < 1.29 is 23.2 Å². The molecule has 13 heavy (non-hydrogen) atoms. The van der Waals surface area contributed by atoms with Gasteiger partial charge in [0.2, 0.25) is 5.78 Å². The van der Waals surface area contributed by atoms with E-state index < -0.39 is 25.3 Å². The van der Waals surface area contributed by atoms with Gasteiger partial charge in [0.25, 0.3) is 5.91 Å². The molecule has 1 saturated heterocycles. The van der Waals surface area contributed by atoms with E-state index in [9.17, 15) is 14.2 Å². The molecule has 0 aromatic carbocycles. The fourth-order valence-corrected chi connectivity index (χ4v) is 2.11. The predicted molar refractivity (Wildman–Crippen MR) is 42.1 cm³/mol. The number of imide groups is 1. The van der Waals surface area contributed by atoms with E-state index in [-0.39, 0.29) is 0 Å². The summed E-state index contributed by atoms with van der Waals surface area (Å²) in [5, 5.41) is 4.05. The molecule has 7 nitrogen and oxygen atoms in total. The van der Waals surface area contributed by atoms with E-state index in [4.69, 9.17) is 0 Å². The molecule has 0 radical (unpaired) electrons. The van der Waals surface area contributed by atoms with Gasteiger partial charge in [0.05, 0.1) is 0 Å². The van der Waals surface area contributed by atoms with Crippen molar-refractivity contribution in [2.75, 3.05) is 14.2 Å². The monoisotopic (exact) mass is 208 g/mol. The Kier molecular flexibility index (Phi) is 2.70. The van der Waals surface area contributed by atoms with Gasteiger partial charge in [0.15, 0.2) is 0 Å². The number of hydrogen-bond donors (Lipinski definition) is 2. The molecule has 8 heteroatoms. The summed E-state index contributed by atoms with van der Waals surface area (Å²) in [5.41, 5.74) is 0. The Balaban J connectivity index is 2.88. The van der Waals surface area contributed by atoms with Crippen molar-refractivity contribution in [2.24, 2.45) is 0 Å². The minimum absolute atomic E-state index is 0.704. The normalized spacial score (nSPS) is 22.8. The molecule has 1 fully saturated rings. The molecule has 1 heterocycles. The lowest BCUT2D eigenvalue weighted by Gasteiger charge is -2.17. The zero-order valence-corrected chi connectivity index (χ0v) is 7.96. The topological polar surface area (TPSA) is 93.7 Å². The van der Waals surface area contributed by atoms with Gasteiger partial charge < -0.3 is 14.4 Å². The van der Waals surface area contributed by atoms with Gasteiger partial charge in [0.1, 0.15) is 0 Å². The molecule has 3 amide bonds. The van der Waals surface area contributed by atoms with E-state index in [1.165, 1.54) is 0 Å². The third-order valence-electron chi connectivity index (χ3n) is 1.58. The van der Waals surface area contributed by atoms with Crippen LogP contribution in [0.2, 0.25) is 0 Å². The molecule has 1 unspecified atom stereocenters. The standard InChI is InChI=1S/C5H9N2O5P/c1-11-13(10,12-2)4-3(8)6-5(9)7-4/h4H,1-2H3,(H2,6,7,8,9). The van der Waals surface area contributed by atoms with E-state index in [1.807, 2.05) is 5.32 Å². The molecule has 1 atom stereocenters. The summed E-state index contributed by atoms with van der Waals surface area (Å²) in [5.74, 6) is -1.97. The summed E-state index contributed by atoms with van der Waals surface area (Å²) in [6.07, 6.45) is 0. The van der Waals surface area contributed by atoms with Crippen molar-refractivity contribution in [2.45, 2.75) is 5.78 Å². The van der Waals surface area contributed by atoms with Crippen LogP contribution in [0, 0.1) is 0 Å². The van der Waals surface area contributed by atoms with E-state index >= 15 is 0 Å². The maximum atomic E-state index is 11.6. The van der Waals surface area contributed by atoms with Crippen LogP contribution in [-0.2, 0) is 18.4 Å². The second-order valence-electron chi connectivity index (χ2n) is 2.27. The molecule has 0 aliphatic carbocycles. The number of carbonyl (C=O) groups excluding carboxylic acids is 2. The van der Waals surface area contributed by atoms with Crippen molar-refractivity contribution in [1.29, 1.82) is 0 Å². The van der Waals surface area contributed by atoms with Gasteiger partial charge in [-0.15, -0.1) is 0 Å². The van der Waals surface area contributed by atoms with Gasteiger partial charge in [-0.1, -0.05) is 0 Å². The lowest BCUT2D eigenvalue weighted by molar-refractivity contribution is -0.118. The Bertz CT molecular complexity index is 283. The SMILES string of the molecule is COP(=O)(OC)C1NC(=O)NC1=O. The molecule has 0 saturated carbocycles. The zero-order chi connectivity index (χ0) is 10.1. The molecule has 0 aromatic rings. The highest BCUT2D eigenvalue weighted by Gasteiger charge is 2.45. The van der Waals surface area contributed by atoms with Crippen LogP contribution in [-0.4, -0.2) is 31.9 Å². The smallest absolute Gasteiger partial charge is 0.316 e. The summed E-state index contributed by atoms with van der Waals surface area (Å²) in [6, 6.07) is -0.704. The first-order chi connectivity index (χ1) is 6.03. The molecule has 0 bridgehead atoms. The first kappa shape index (κ1) is 10.2. The molecule has 74 valence electrons. The minimum atomic E-state index is -3.57. The zero-order valence-electron chi connectivity index (χ0n) is 7.07. The molecule has 1 aliphatic rings. The van der Waals surface area contributed by atoms with E-state index in [0.717, 1.165) is 14.2 Å². The van der Waals surface area contributed by atoms with Crippen molar-refractivity contribution in [3.05, 3.63) is 0 Å². The van der Waals surface area contributed by atoms with Crippen LogP contribution >= 0.6 is 7.60 Å². The number of nitrogens with one attached hydrogen (secondary N) is 2. The van der Waals surface area contributed by atoms with Crippen LogP contribution in [0.3, 0.4) is 0 Å². The van der Waals surface area contributed by atoms with Gasteiger partial charge in [-0.25, -0.2) is 4.79 Å². The Morgan fingerprint density at radius 3 is 2.15 bits per heavy atom. The van der Waals surface area contributed by atoms with E-state index in [1.54, 1.807) is 0 Å². The van der Waals surface area contributed by atoms with E-state index in [0.29, 0.717) is 0 Å². The minimum Gasteiger partial charge on any atom is -0.316 e. The number of amides is 3. The van der Waals surface area contributed by atoms with Gasteiger partial charge in [-0.05, 0) is 0 Å². The van der Waals surface area contributed by atoms with Gasteiger partial charge >= 0.3 is 13.6 Å². The van der Waals surface area contributed by atoms with Crippen LogP contribution < -0.4 is 10.6 Å². The second kappa shape index (κ2) is 3.45. The lowest BCUT2D eigenvalue weighted by atomic mass is 10.6. The van der Waals surface area contributed by atoms with Crippen LogP contribution in [0.15, 0.2) is 0 Å². The maximum absolute atomic E-state index is 11.6. The summed E-state index contributed by atoms with van der Waals surface area (Å²) in [6.45, 7) is 0. The van der Waals surface area contributed by atoms with Crippen molar-refractivity contribution in [3.63, 3.8) is 0 Å². The predicted octanol–water partition coefficient (Wildman–Crippen LogP) is -0.362. The maximum Gasteiger partial charge on any atom is 0.362 e. The third kappa shape index (κ3) is 1.72. The molecule has 0 spiro atoms. The van der Waals surface area contributed by atoms with Crippen LogP contribution in [0.4, 0.5) is 4.79 Å². The summed E-state index contributed by atoms with van der Waals surface area (Å²) < 4.78 is 20.7. The average molecular weight is 208 g/mol. The lowest BCUT2D eigenvalue weighted by Crippen LogP contribution is -2.29. The molecule has 2 N–H and O–H groups in total. The number of urea groups is 1. The number of carbonyl (C=O) groups is 2. The summed E-state index contributed by atoms with van der Waals surface area (Å²) in [4.78, 5) is 21.7. The molecule has 0 aromatic heterocycles. The van der Waals surface area contributed by atoms with Gasteiger partial charge in [-0.3, -0.25) is 14.7 Å². The highest BCUT2D eigenvalue weighted by Crippen LogP contribution is 2.51. The average Bonchev–Trinajstić information content (AvgIpc) is 2.44.